The van der Waals surface area contributed by atoms with Gasteiger partial charge in [-0.2, -0.15) is 0 Å². The van der Waals surface area contributed by atoms with Gasteiger partial charge in [0, 0.05) is 36.8 Å². The number of aromatic nitrogens is 3. The van der Waals surface area contributed by atoms with Crippen molar-refractivity contribution in [1.29, 1.82) is 0 Å². The summed E-state index contributed by atoms with van der Waals surface area (Å²) in [5, 5.41) is 9.27. The van der Waals surface area contributed by atoms with E-state index in [4.69, 9.17) is 0 Å². The minimum absolute atomic E-state index is 0.149. The van der Waals surface area contributed by atoms with Crippen LogP contribution in [0.2, 0.25) is 0 Å². The number of unbranched alkanes of at least 4 members (excludes halogenated alkanes) is 1. The topological polar surface area (TPSA) is 58.9 Å². The molecular formula is C21H21N3O. The molecule has 0 aliphatic heterocycles. The summed E-state index contributed by atoms with van der Waals surface area (Å²) >= 11 is 0. The Bertz CT molecular complexity index is 818. The fourth-order valence-corrected chi connectivity index (χ4v) is 4.04. The lowest BCUT2D eigenvalue weighted by Gasteiger charge is -2.32. The van der Waals surface area contributed by atoms with Crippen LogP contribution >= 0.6 is 0 Å². The molecule has 4 heteroatoms. The number of fused-ring (bicyclic) bond motifs is 3. The summed E-state index contributed by atoms with van der Waals surface area (Å²) in [4.78, 5) is 13.4. The molecule has 4 nitrogen and oxygen atoms in total. The summed E-state index contributed by atoms with van der Waals surface area (Å²) in [6.07, 6.45) is 11.0. The van der Waals surface area contributed by atoms with E-state index in [0.29, 0.717) is 0 Å². The highest BCUT2D eigenvalue weighted by Crippen LogP contribution is 2.51. The fraction of sp³-hybridized carbons (Fsp3) is 0.286. The Kier molecular flexibility index (Phi) is 4.28. The minimum atomic E-state index is -0.149. The molecule has 0 aromatic carbocycles. The zero-order valence-electron chi connectivity index (χ0n) is 14.1. The van der Waals surface area contributed by atoms with Crippen molar-refractivity contribution < 1.29 is 5.11 Å². The Morgan fingerprint density at radius 1 is 0.800 bits per heavy atom. The van der Waals surface area contributed by atoms with Gasteiger partial charge in [-0.15, -0.1) is 0 Å². The molecule has 0 saturated carbocycles. The van der Waals surface area contributed by atoms with Gasteiger partial charge in [-0.3, -0.25) is 15.0 Å². The van der Waals surface area contributed by atoms with Gasteiger partial charge in [0.25, 0.3) is 0 Å². The van der Waals surface area contributed by atoms with Crippen LogP contribution in [0.25, 0.3) is 11.4 Å². The third-order valence-corrected chi connectivity index (χ3v) is 5.14. The lowest BCUT2D eigenvalue weighted by molar-refractivity contribution is 0.277. The van der Waals surface area contributed by atoms with Crippen LogP contribution in [-0.4, -0.2) is 26.7 Å². The molecule has 0 unspecified atom stereocenters. The first-order valence-corrected chi connectivity index (χ1v) is 8.76. The lowest BCUT2D eigenvalue weighted by Crippen LogP contribution is -2.28. The fourth-order valence-electron chi connectivity index (χ4n) is 4.04. The highest BCUT2D eigenvalue weighted by molar-refractivity contribution is 5.75. The van der Waals surface area contributed by atoms with Crippen LogP contribution in [0.5, 0.6) is 0 Å². The minimum Gasteiger partial charge on any atom is -0.396 e. The molecule has 0 bridgehead atoms. The second kappa shape index (κ2) is 6.73. The van der Waals surface area contributed by atoms with E-state index in [0.717, 1.165) is 37.1 Å². The zero-order chi connectivity index (χ0) is 17.1. The highest BCUT2D eigenvalue weighted by Gasteiger charge is 2.44. The maximum atomic E-state index is 9.27. The van der Waals surface area contributed by atoms with Gasteiger partial charge in [-0.05, 0) is 66.6 Å². The molecule has 1 aliphatic carbocycles. The molecule has 1 N–H and O–H groups in total. The monoisotopic (exact) mass is 331 g/mol. The number of hydrogen-bond acceptors (Lipinski definition) is 4. The summed E-state index contributed by atoms with van der Waals surface area (Å²) in [5.74, 6) is 0. The molecule has 0 radical (unpaired) electrons. The van der Waals surface area contributed by atoms with E-state index < -0.39 is 0 Å². The van der Waals surface area contributed by atoms with Crippen LogP contribution in [0.4, 0.5) is 0 Å². The first-order chi connectivity index (χ1) is 12.3. The van der Waals surface area contributed by atoms with E-state index >= 15 is 0 Å². The average molecular weight is 331 g/mol. The van der Waals surface area contributed by atoms with Gasteiger partial charge in [0.15, 0.2) is 0 Å². The van der Waals surface area contributed by atoms with Gasteiger partial charge < -0.3 is 5.11 Å². The maximum Gasteiger partial charge on any atom is 0.0930 e. The Balaban J connectivity index is 1.87. The number of nitrogens with zero attached hydrogens (tertiary/aromatic N) is 3. The van der Waals surface area contributed by atoms with Gasteiger partial charge in [0.05, 0.1) is 11.4 Å². The SMILES string of the molecule is OCCCCC1(Cc2ccncc2)c2cccnc2-c2ncccc21. The summed E-state index contributed by atoms with van der Waals surface area (Å²) in [6.45, 7) is 0.227. The third kappa shape index (κ3) is 2.72. The van der Waals surface area contributed by atoms with Crippen LogP contribution < -0.4 is 0 Å². The molecule has 3 heterocycles. The number of aliphatic hydroxyl groups excluding tert-OH is 1. The summed E-state index contributed by atoms with van der Waals surface area (Å²) in [7, 11) is 0. The van der Waals surface area contributed by atoms with Gasteiger partial charge >= 0.3 is 0 Å². The average Bonchev–Trinajstić information content (AvgIpc) is 2.94. The van der Waals surface area contributed by atoms with Crippen molar-refractivity contribution in [2.24, 2.45) is 0 Å². The number of rotatable bonds is 6. The molecule has 3 aromatic rings. The van der Waals surface area contributed by atoms with Crippen molar-refractivity contribution in [2.45, 2.75) is 31.1 Å². The molecular weight excluding hydrogens is 310 g/mol. The van der Waals surface area contributed by atoms with Crippen LogP contribution in [0, 0.1) is 0 Å². The molecule has 0 saturated heterocycles. The number of aliphatic hydroxyl groups is 1. The van der Waals surface area contributed by atoms with Gasteiger partial charge in [0.1, 0.15) is 0 Å². The molecule has 0 atom stereocenters. The van der Waals surface area contributed by atoms with E-state index in [-0.39, 0.29) is 12.0 Å². The summed E-state index contributed by atoms with van der Waals surface area (Å²) in [6, 6.07) is 12.6. The van der Waals surface area contributed by atoms with Gasteiger partial charge in [-0.25, -0.2) is 0 Å². The Morgan fingerprint density at radius 3 is 2.04 bits per heavy atom. The first kappa shape index (κ1) is 15.9. The summed E-state index contributed by atoms with van der Waals surface area (Å²) < 4.78 is 0. The van der Waals surface area contributed by atoms with Gasteiger partial charge in [-0.1, -0.05) is 12.1 Å². The van der Waals surface area contributed by atoms with E-state index in [2.05, 4.69) is 39.2 Å². The number of hydrogen-bond donors (Lipinski definition) is 1. The Morgan fingerprint density at radius 2 is 1.44 bits per heavy atom. The van der Waals surface area contributed by atoms with Crippen LogP contribution in [0.3, 0.4) is 0 Å². The third-order valence-electron chi connectivity index (χ3n) is 5.14. The molecule has 25 heavy (non-hydrogen) atoms. The standard InChI is InChI=1S/C21H21N3O/c25-14-2-1-9-21(15-16-7-12-22-13-8-16)17-5-3-10-23-19(17)20-18(21)6-4-11-24-20/h3-8,10-13,25H,1-2,9,14-15H2. The second-order valence-corrected chi connectivity index (χ2v) is 6.59. The van der Waals surface area contributed by atoms with E-state index in [1.54, 1.807) is 0 Å². The van der Waals surface area contributed by atoms with E-state index in [1.807, 2.05) is 36.9 Å². The van der Waals surface area contributed by atoms with Crippen molar-refractivity contribution in [3.05, 3.63) is 77.9 Å². The Labute approximate surface area is 147 Å². The molecule has 126 valence electrons. The molecule has 4 rings (SSSR count). The predicted octanol–water partition coefficient (Wildman–Crippen LogP) is 3.54. The van der Waals surface area contributed by atoms with Crippen molar-refractivity contribution in [3.63, 3.8) is 0 Å². The number of pyridine rings is 3. The van der Waals surface area contributed by atoms with Crippen LogP contribution in [-0.2, 0) is 11.8 Å². The molecule has 0 amide bonds. The molecule has 0 spiro atoms. The quantitative estimate of drug-likeness (QED) is 0.702. The molecule has 0 fully saturated rings. The normalized spacial score (nSPS) is 14.1. The largest absolute Gasteiger partial charge is 0.396 e. The van der Waals surface area contributed by atoms with Crippen molar-refractivity contribution >= 4 is 0 Å². The van der Waals surface area contributed by atoms with E-state index in [9.17, 15) is 5.11 Å². The lowest BCUT2D eigenvalue weighted by atomic mass is 9.71. The van der Waals surface area contributed by atoms with Crippen LogP contribution in [0.15, 0.2) is 61.2 Å². The van der Waals surface area contributed by atoms with Crippen LogP contribution in [0.1, 0.15) is 36.0 Å². The Hall–Kier alpha value is -2.59. The molecule has 3 aromatic heterocycles. The van der Waals surface area contributed by atoms with Crippen molar-refractivity contribution in [2.75, 3.05) is 6.61 Å². The highest BCUT2D eigenvalue weighted by atomic mass is 16.2. The smallest absolute Gasteiger partial charge is 0.0930 e. The maximum absolute atomic E-state index is 9.27. The van der Waals surface area contributed by atoms with Crippen molar-refractivity contribution in [3.8, 4) is 11.4 Å². The first-order valence-electron chi connectivity index (χ1n) is 8.76. The zero-order valence-corrected chi connectivity index (χ0v) is 14.1. The summed E-state index contributed by atoms with van der Waals surface area (Å²) in [5.41, 5.74) is 5.60. The predicted molar refractivity (Wildman–Crippen MR) is 97.1 cm³/mol. The van der Waals surface area contributed by atoms with Crippen molar-refractivity contribution in [1.82, 2.24) is 15.0 Å². The second-order valence-electron chi connectivity index (χ2n) is 6.59. The molecule has 1 aliphatic rings. The van der Waals surface area contributed by atoms with E-state index in [1.165, 1.54) is 16.7 Å². The van der Waals surface area contributed by atoms with Gasteiger partial charge in [0.2, 0.25) is 0 Å².